The Morgan fingerprint density at radius 1 is 1.12 bits per heavy atom. The van der Waals surface area contributed by atoms with Gasteiger partial charge in [-0.3, -0.25) is 4.79 Å². The van der Waals surface area contributed by atoms with Crippen molar-refractivity contribution in [1.29, 1.82) is 0 Å². The van der Waals surface area contributed by atoms with E-state index >= 15 is 0 Å². The van der Waals surface area contributed by atoms with E-state index < -0.39 is 12.1 Å². The lowest BCUT2D eigenvalue weighted by Crippen LogP contribution is -2.44. The zero-order valence-corrected chi connectivity index (χ0v) is 14.5. The zero-order valence-electron chi connectivity index (χ0n) is 14.5. The second-order valence-corrected chi connectivity index (χ2v) is 6.18. The van der Waals surface area contributed by atoms with Gasteiger partial charge in [-0.15, -0.1) is 0 Å². The molecule has 26 heavy (non-hydrogen) atoms. The van der Waals surface area contributed by atoms with Gasteiger partial charge in [0.15, 0.2) is 0 Å². The van der Waals surface area contributed by atoms with Crippen LogP contribution in [0.5, 0.6) is 5.75 Å². The van der Waals surface area contributed by atoms with E-state index in [4.69, 9.17) is 4.74 Å². The number of carbonyl (C=O) groups excluding carboxylic acids is 2. The van der Waals surface area contributed by atoms with E-state index in [0.717, 1.165) is 11.3 Å². The van der Waals surface area contributed by atoms with Gasteiger partial charge in [0.05, 0.1) is 7.11 Å². The average Bonchev–Trinajstić information content (AvgIpc) is 2.90. The van der Waals surface area contributed by atoms with E-state index in [0.29, 0.717) is 5.69 Å². The highest BCUT2D eigenvalue weighted by atomic mass is 19.1. The Kier molecular flexibility index (Phi) is 5.06. The van der Waals surface area contributed by atoms with Crippen LogP contribution in [0.3, 0.4) is 0 Å². The van der Waals surface area contributed by atoms with Crippen molar-refractivity contribution in [3.05, 3.63) is 59.9 Å². The summed E-state index contributed by atoms with van der Waals surface area (Å²) < 4.78 is 18.1. The van der Waals surface area contributed by atoms with Gasteiger partial charge in [-0.2, -0.15) is 0 Å². The molecule has 1 aliphatic rings. The quantitative estimate of drug-likeness (QED) is 0.787. The highest BCUT2D eigenvalue weighted by molar-refractivity contribution is 5.95. The fourth-order valence-electron chi connectivity index (χ4n) is 3.16. The number of hydrogen-bond acceptors (Lipinski definition) is 3. The van der Waals surface area contributed by atoms with Crippen LogP contribution in [0.25, 0.3) is 0 Å². The van der Waals surface area contributed by atoms with Crippen LogP contribution in [0.4, 0.5) is 14.9 Å². The van der Waals surface area contributed by atoms with Gasteiger partial charge in [0.1, 0.15) is 17.6 Å². The summed E-state index contributed by atoms with van der Waals surface area (Å²) in [6.07, 6.45) is 0. The number of hydrogen-bond donors (Lipinski definition) is 3. The average molecular weight is 357 g/mol. The number of urea groups is 1. The molecule has 1 saturated heterocycles. The minimum absolute atomic E-state index is 0.132. The molecule has 1 aliphatic heterocycles. The molecule has 136 valence electrons. The predicted octanol–water partition coefficient (Wildman–Crippen LogP) is 2.63. The van der Waals surface area contributed by atoms with Crippen LogP contribution >= 0.6 is 0 Å². The second kappa shape index (κ2) is 7.43. The van der Waals surface area contributed by atoms with E-state index in [1.165, 1.54) is 24.3 Å². The Hall–Kier alpha value is -3.09. The lowest BCUT2D eigenvalue weighted by molar-refractivity contribution is -0.120. The topological polar surface area (TPSA) is 79.5 Å². The fourth-order valence-corrected chi connectivity index (χ4v) is 3.16. The van der Waals surface area contributed by atoms with Crippen LogP contribution < -0.4 is 20.7 Å². The van der Waals surface area contributed by atoms with E-state index in [9.17, 15) is 14.0 Å². The van der Waals surface area contributed by atoms with E-state index in [1.807, 2.05) is 31.2 Å². The van der Waals surface area contributed by atoms with Gasteiger partial charge in [0.25, 0.3) is 0 Å². The molecule has 1 fully saturated rings. The summed E-state index contributed by atoms with van der Waals surface area (Å²) in [7, 11) is 1.59. The first-order valence-electron chi connectivity index (χ1n) is 8.25. The summed E-state index contributed by atoms with van der Waals surface area (Å²) in [5, 5.41) is 8.18. The summed E-state index contributed by atoms with van der Waals surface area (Å²) in [6, 6.07) is 11.4. The predicted molar refractivity (Wildman–Crippen MR) is 95.7 cm³/mol. The smallest absolute Gasteiger partial charge is 0.319 e. The van der Waals surface area contributed by atoms with Crippen LogP contribution in [0.1, 0.15) is 18.4 Å². The van der Waals surface area contributed by atoms with Crippen molar-refractivity contribution in [2.24, 2.45) is 0 Å². The summed E-state index contributed by atoms with van der Waals surface area (Å²) in [5.74, 6) is -0.128. The highest BCUT2D eigenvalue weighted by Crippen LogP contribution is 2.30. The van der Waals surface area contributed by atoms with Crippen LogP contribution in [-0.2, 0) is 4.79 Å². The SMILES string of the molecule is COc1ccc(C2C(C)NC(=O)C2NC(=O)Nc2ccc(F)cc2)cc1. The number of rotatable bonds is 4. The van der Waals surface area contributed by atoms with Crippen molar-refractivity contribution in [3.63, 3.8) is 0 Å². The van der Waals surface area contributed by atoms with E-state index in [-0.39, 0.29) is 23.7 Å². The van der Waals surface area contributed by atoms with Crippen LogP contribution in [0.15, 0.2) is 48.5 Å². The summed E-state index contributed by atoms with van der Waals surface area (Å²) >= 11 is 0. The van der Waals surface area contributed by atoms with Crippen molar-refractivity contribution in [1.82, 2.24) is 10.6 Å². The maximum absolute atomic E-state index is 12.9. The van der Waals surface area contributed by atoms with Crippen molar-refractivity contribution in [2.75, 3.05) is 12.4 Å². The van der Waals surface area contributed by atoms with Gasteiger partial charge >= 0.3 is 6.03 Å². The van der Waals surface area contributed by atoms with Gasteiger partial charge < -0.3 is 20.7 Å². The van der Waals surface area contributed by atoms with Gasteiger partial charge in [-0.05, 0) is 48.9 Å². The molecule has 3 amide bonds. The largest absolute Gasteiger partial charge is 0.497 e. The number of benzene rings is 2. The minimum atomic E-state index is -0.709. The molecule has 0 aromatic heterocycles. The number of methoxy groups -OCH3 is 1. The van der Waals surface area contributed by atoms with Crippen LogP contribution in [0.2, 0.25) is 0 Å². The molecule has 0 radical (unpaired) electrons. The molecule has 3 N–H and O–H groups in total. The molecule has 3 unspecified atom stereocenters. The van der Waals surface area contributed by atoms with Gasteiger partial charge in [-0.1, -0.05) is 12.1 Å². The van der Waals surface area contributed by atoms with Crippen LogP contribution in [-0.4, -0.2) is 31.1 Å². The van der Waals surface area contributed by atoms with Gasteiger partial charge in [0, 0.05) is 17.6 Å². The number of amides is 3. The molecular formula is C19H20FN3O3. The number of halogens is 1. The molecule has 3 atom stereocenters. The molecule has 0 bridgehead atoms. The lowest BCUT2D eigenvalue weighted by atomic mass is 9.89. The molecular weight excluding hydrogens is 337 g/mol. The zero-order chi connectivity index (χ0) is 18.7. The third-order valence-electron chi connectivity index (χ3n) is 4.44. The first kappa shape index (κ1) is 17.7. The molecule has 0 spiro atoms. The Bertz CT molecular complexity index is 793. The first-order chi connectivity index (χ1) is 12.5. The second-order valence-electron chi connectivity index (χ2n) is 6.18. The number of ether oxygens (including phenoxy) is 1. The highest BCUT2D eigenvalue weighted by Gasteiger charge is 2.41. The lowest BCUT2D eigenvalue weighted by Gasteiger charge is -2.22. The van der Waals surface area contributed by atoms with E-state index in [2.05, 4.69) is 16.0 Å². The van der Waals surface area contributed by atoms with Crippen molar-refractivity contribution >= 4 is 17.6 Å². The van der Waals surface area contributed by atoms with Crippen molar-refractivity contribution in [3.8, 4) is 5.75 Å². The number of anilines is 1. The standard InChI is InChI=1S/C19H20FN3O3/c1-11-16(12-3-9-15(26-2)10-4-12)17(18(24)21-11)23-19(25)22-14-7-5-13(20)6-8-14/h3-11,16-17H,1-2H3,(H,21,24)(H2,22,23,25). The Balaban J connectivity index is 1.73. The monoisotopic (exact) mass is 357 g/mol. The third-order valence-corrected chi connectivity index (χ3v) is 4.44. The normalized spacial score (nSPS) is 21.8. The molecule has 2 aromatic rings. The number of nitrogens with one attached hydrogen (secondary N) is 3. The summed E-state index contributed by atoms with van der Waals surface area (Å²) in [6.45, 7) is 1.90. The fraction of sp³-hybridized carbons (Fsp3) is 0.263. The van der Waals surface area contributed by atoms with Crippen LogP contribution in [0, 0.1) is 5.82 Å². The minimum Gasteiger partial charge on any atom is -0.497 e. The first-order valence-corrected chi connectivity index (χ1v) is 8.25. The summed E-state index contributed by atoms with van der Waals surface area (Å²) in [4.78, 5) is 24.6. The maximum Gasteiger partial charge on any atom is 0.319 e. The Morgan fingerprint density at radius 2 is 1.77 bits per heavy atom. The third kappa shape index (κ3) is 3.77. The number of carbonyl (C=O) groups is 2. The molecule has 2 aromatic carbocycles. The van der Waals surface area contributed by atoms with Crippen molar-refractivity contribution in [2.45, 2.75) is 24.9 Å². The summed E-state index contributed by atoms with van der Waals surface area (Å²) in [5.41, 5.74) is 1.36. The van der Waals surface area contributed by atoms with Gasteiger partial charge in [0.2, 0.25) is 5.91 Å². The molecule has 6 nitrogen and oxygen atoms in total. The van der Waals surface area contributed by atoms with Gasteiger partial charge in [-0.25, -0.2) is 9.18 Å². The molecule has 0 saturated carbocycles. The molecule has 3 rings (SSSR count). The van der Waals surface area contributed by atoms with E-state index in [1.54, 1.807) is 7.11 Å². The molecule has 7 heteroatoms. The van der Waals surface area contributed by atoms with Crippen molar-refractivity contribution < 1.29 is 18.7 Å². The Labute approximate surface area is 150 Å². The molecule has 1 heterocycles. The Morgan fingerprint density at radius 3 is 2.38 bits per heavy atom. The molecule has 0 aliphatic carbocycles. The maximum atomic E-state index is 12.9.